The van der Waals surface area contributed by atoms with Crippen LogP contribution in [0.25, 0.3) is 0 Å². The lowest BCUT2D eigenvalue weighted by Gasteiger charge is -2.25. The Labute approximate surface area is 134 Å². The Bertz CT molecular complexity index is 452. The molecule has 0 heterocycles. The normalized spacial score (nSPS) is 12.5. The van der Waals surface area contributed by atoms with Crippen molar-refractivity contribution in [2.45, 2.75) is 46.1 Å². The molecular weight excluding hydrogens is 276 g/mol. The molecule has 22 heavy (non-hydrogen) atoms. The van der Waals surface area contributed by atoms with E-state index >= 15 is 0 Å². The molecule has 0 radical (unpaired) electrons. The van der Waals surface area contributed by atoms with E-state index in [0.29, 0.717) is 0 Å². The average molecular weight is 306 g/mol. The molecule has 1 aromatic rings. The number of benzene rings is 1. The van der Waals surface area contributed by atoms with E-state index in [1.165, 1.54) is 11.1 Å². The second-order valence-corrected chi connectivity index (χ2v) is 5.65. The third-order valence-electron chi connectivity index (χ3n) is 4.15. The fourth-order valence-electron chi connectivity index (χ4n) is 2.48. The van der Waals surface area contributed by atoms with E-state index in [0.717, 1.165) is 38.1 Å². The van der Waals surface area contributed by atoms with Crippen LogP contribution in [-0.2, 0) is 22.4 Å². The second-order valence-electron chi connectivity index (χ2n) is 5.65. The number of carbonyl (C=O) groups is 1. The van der Waals surface area contributed by atoms with Crippen LogP contribution in [0.3, 0.4) is 0 Å². The molecule has 1 unspecified atom stereocenters. The number of rotatable bonds is 9. The minimum absolute atomic E-state index is 0.0514. The predicted octanol–water partition coefficient (Wildman–Crippen LogP) is 3.11. The predicted molar refractivity (Wildman–Crippen MR) is 92.4 cm³/mol. The van der Waals surface area contributed by atoms with Crippen molar-refractivity contribution in [2.24, 2.45) is 0 Å². The molecule has 0 saturated carbocycles. The molecule has 1 atom stereocenters. The van der Waals surface area contributed by atoms with Gasteiger partial charge in [-0.1, -0.05) is 32.0 Å². The highest BCUT2D eigenvalue weighted by Crippen LogP contribution is 2.23. The van der Waals surface area contributed by atoms with Gasteiger partial charge in [0.05, 0.1) is 6.04 Å². The molecule has 1 aromatic carbocycles. The van der Waals surface area contributed by atoms with E-state index in [-0.39, 0.29) is 11.9 Å². The van der Waals surface area contributed by atoms with Crippen molar-refractivity contribution in [3.8, 4) is 0 Å². The molecule has 1 N–H and O–H groups in total. The molecule has 0 aliphatic carbocycles. The van der Waals surface area contributed by atoms with Gasteiger partial charge in [0, 0.05) is 25.9 Å². The Balaban J connectivity index is 2.75. The van der Waals surface area contributed by atoms with E-state index in [4.69, 9.17) is 4.74 Å². The Kier molecular flexibility index (Phi) is 8.13. The zero-order valence-electron chi connectivity index (χ0n) is 14.6. The summed E-state index contributed by atoms with van der Waals surface area (Å²) in [6.45, 7) is 7.74. The zero-order chi connectivity index (χ0) is 16.5. The van der Waals surface area contributed by atoms with Crippen LogP contribution in [0.1, 0.15) is 38.3 Å². The van der Waals surface area contributed by atoms with Crippen LogP contribution in [-0.4, -0.2) is 44.2 Å². The highest BCUT2D eigenvalue weighted by atomic mass is 16.5. The van der Waals surface area contributed by atoms with Crippen LogP contribution < -0.4 is 5.32 Å². The monoisotopic (exact) mass is 306 g/mol. The van der Waals surface area contributed by atoms with Gasteiger partial charge >= 0.3 is 0 Å². The lowest BCUT2D eigenvalue weighted by atomic mass is 10.0. The minimum Gasteiger partial charge on any atom is -0.385 e. The number of nitrogens with zero attached hydrogens (tertiary/aromatic N) is 1. The summed E-state index contributed by atoms with van der Waals surface area (Å²) in [5, 5.41) is 3.14. The summed E-state index contributed by atoms with van der Waals surface area (Å²) in [5.74, 6) is 0.0514. The van der Waals surface area contributed by atoms with Gasteiger partial charge in [0.15, 0.2) is 0 Å². The van der Waals surface area contributed by atoms with Crippen molar-refractivity contribution >= 4 is 11.6 Å². The van der Waals surface area contributed by atoms with Crippen molar-refractivity contribution in [1.29, 1.82) is 0 Å². The maximum atomic E-state index is 12.5. The Hall–Kier alpha value is -1.39. The fraction of sp³-hybridized carbons (Fsp3) is 0.611. The highest BCUT2D eigenvalue weighted by molar-refractivity contribution is 5.96. The quantitative estimate of drug-likeness (QED) is 0.713. The third-order valence-corrected chi connectivity index (χ3v) is 4.15. The van der Waals surface area contributed by atoms with Crippen LogP contribution >= 0.6 is 0 Å². The van der Waals surface area contributed by atoms with Crippen molar-refractivity contribution < 1.29 is 9.53 Å². The van der Waals surface area contributed by atoms with E-state index in [9.17, 15) is 4.79 Å². The van der Waals surface area contributed by atoms with Gasteiger partial charge in [0.25, 0.3) is 0 Å². The fourth-order valence-corrected chi connectivity index (χ4v) is 2.48. The average Bonchev–Trinajstić information content (AvgIpc) is 2.54. The van der Waals surface area contributed by atoms with Gasteiger partial charge in [-0.3, -0.25) is 9.69 Å². The van der Waals surface area contributed by atoms with E-state index in [2.05, 4.69) is 42.3 Å². The maximum Gasteiger partial charge on any atom is 0.241 e. The molecule has 1 rings (SSSR count). The second kappa shape index (κ2) is 9.59. The SMILES string of the molecule is CCc1cccc(CC)c1NC(=O)C(C)N(C)CCCOC. The molecule has 0 aliphatic rings. The number of carbonyl (C=O) groups excluding carboxylic acids is 1. The van der Waals surface area contributed by atoms with Crippen LogP contribution in [0, 0.1) is 0 Å². The number of methoxy groups -OCH3 is 1. The number of hydrogen-bond donors (Lipinski definition) is 1. The standard InChI is InChI=1S/C18H30N2O2/c1-6-15-10-8-11-16(7-2)17(15)19-18(21)14(3)20(4)12-9-13-22-5/h8,10-11,14H,6-7,9,12-13H2,1-5H3,(H,19,21). The first-order valence-electron chi connectivity index (χ1n) is 8.15. The number of ether oxygens (including phenoxy) is 1. The van der Waals surface area contributed by atoms with Gasteiger partial charge in [-0.2, -0.15) is 0 Å². The summed E-state index contributed by atoms with van der Waals surface area (Å²) in [7, 11) is 3.68. The van der Waals surface area contributed by atoms with Gasteiger partial charge in [0.1, 0.15) is 0 Å². The molecule has 0 saturated heterocycles. The number of aryl methyl sites for hydroxylation is 2. The summed E-state index contributed by atoms with van der Waals surface area (Å²) < 4.78 is 5.06. The molecule has 0 bridgehead atoms. The maximum absolute atomic E-state index is 12.5. The first kappa shape index (κ1) is 18.7. The molecular formula is C18H30N2O2. The van der Waals surface area contributed by atoms with Crippen molar-refractivity contribution in [1.82, 2.24) is 4.90 Å². The lowest BCUT2D eigenvalue weighted by Crippen LogP contribution is -2.40. The van der Waals surface area contributed by atoms with E-state index in [1.807, 2.05) is 14.0 Å². The Morgan fingerprint density at radius 1 is 1.27 bits per heavy atom. The van der Waals surface area contributed by atoms with Crippen molar-refractivity contribution in [3.05, 3.63) is 29.3 Å². The summed E-state index contributed by atoms with van der Waals surface area (Å²) >= 11 is 0. The molecule has 0 aromatic heterocycles. The minimum atomic E-state index is -0.161. The van der Waals surface area contributed by atoms with Gasteiger partial charge in [-0.25, -0.2) is 0 Å². The van der Waals surface area contributed by atoms with Crippen molar-refractivity contribution in [3.63, 3.8) is 0 Å². The zero-order valence-corrected chi connectivity index (χ0v) is 14.6. The van der Waals surface area contributed by atoms with Gasteiger partial charge in [0.2, 0.25) is 5.91 Å². The molecule has 0 fully saturated rings. The van der Waals surface area contributed by atoms with Gasteiger partial charge < -0.3 is 10.1 Å². The molecule has 0 aliphatic heterocycles. The lowest BCUT2D eigenvalue weighted by molar-refractivity contribution is -0.120. The van der Waals surface area contributed by atoms with Crippen molar-refractivity contribution in [2.75, 3.05) is 32.6 Å². The molecule has 4 heteroatoms. The molecule has 124 valence electrons. The Morgan fingerprint density at radius 2 is 1.86 bits per heavy atom. The smallest absolute Gasteiger partial charge is 0.241 e. The van der Waals surface area contributed by atoms with Gasteiger partial charge in [-0.15, -0.1) is 0 Å². The van der Waals surface area contributed by atoms with E-state index < -0.39 is 0 Å². The highest BCUT2D eigenvalue weighted by Gasteiger charge is 2.19. The molecule has 1 amide bonds. The van der Waals surface area contributed by atoms with Crippen LogP contribution in [0.2, 0.25) is 0 Å². The number of para-hydroxylation sites is 1. The summed E-state index contributed by atoms with van der Waals surface area (Å²) in [6, 6.07) is 6.07. The Morgan fingerprint density at radius 3 is 2.36 bits per heavy atom. The van der Waals surface area contributed by atoms with Crippen LogP contribution in [0.15, 0.2) is 18.2 Å². The van der Waals surface area contributed by atoms with Crippen LogP contribution in [0.5, 0.6) is 0 Å². The molecule has 0 spiro atoms. The third kappa shape index (κ3) is 5.11. The largest absolute Gasteiger partial charge is 0.385 e. The van der Waals surface area contributed by atoms with Gasteiger partial charge in [-0.05, 0) is 44.4 Å². The number of amides is 1. The number of hydrogen-bond acceptors (Lipinski definition) is 3. The van der Waals surface area contributed by atoms with E-state index in [1.54, 1.807) is 7.11 Å². The summed E-state index contributed by atoms with van der Waals surface area (Å²) in [4.78, 5) is 14.6. The number of nitrogens with one attached hydrogen (secondary N) is 1. The topological polar surface area (TPSA) is 41.6 Å². The molecule has 4 nitrogen and oxygen atoms in total. The first-order valence-corrected chi connectivity index (χ1v) is 8.15. The number of likely N-dealkylation sites (N-methyl/N-ethyl adjacent to an activating group) is 1. The summed E-state index contributed by atoms with van der Waals surface area (Å²) in [5.41, 5.74) is 3.39. The number of anilines is 1. The first-order chi connectivity index (χ1) is 10.5. The van der Waals surface area contributed by atoms with Crippen LogP contribution in [0.4, 0.5) is 5.69 Å². The summed E-state index contributed by atoms with van der Waals surface area (Å²) in [6.07, 6.45) is 2.76.